The van der Waals surface area contributed by atoms with Crippen molar-refractivity contribution >= 4 is 0 Å². The molecule has 0 amide bonds. The minimum absolute atomic E-state index is 0.179. The minimum Gasteiger partial charge on any atom is -0.493 e. The summed E-state index contributed by atoms with van der Waals surface area (Å²) in [5.74, 6) is -1.02. The molecule has 21 heavy (non-hydrogen) atoms. The Hall–Kier alpha value is -2.14. The van der Waals surface area contributed by atoms with Crippen LogP contribution in [0.3, 0.4) is 0 Å². The van der Waals surface area contributed by atoms with E-state index < -0.39 is 11.6 Å². The topological polar surface area (TPSA) is 44.5 Å². The van der Waals surface area contributed by atoms with E-state index in [1.54, 1.807) is 0 Å². The maximum Gasteiger partial charge on any atom is 0.190 e. The third-order valence-corrected chi connectivity index (χ3v) is 2.88. The first kappa shape index (κ1) is 15.3. The molecule has 112 valence electrons. The molecule has 2 N–H and O–H groups in total. The third kappa shape index (κ3) is 4.43. The van der Waals surface area contributed by atoms with E-state index in [0.717, 1.165) is 23.4 Å². The van der Waals surface area contributed by atoms with Crippen molar-refractivity contribution in [2.75, 3.05) is 13.2 Å². The molecule has 2 rings (SSSR count). The zero-order valence-electron chi connectivity index (χ0n) is 11.5. The monoisotopic (exact) mass is 293 g/mol. The van der Waals surface area contributed by atoms with Gasteiger partial charge in [-0.2, -0.15) is 0 Å². The molecule has 0 saturated carbocycles. The Morgan fingerprint density at radius 1 is 0.857 bits per heavy atom. The van der Waals surface area contributed by atoms with Crippen LogP contribution in [0.5, 0.6) is 11.5 Å². The molecule has 3 nitrogen and oxygen atoms in total. The number of benzene rings is 2. The minimum atomic E-state index is -0.701. The van der Waals surface area contributed by atoms with Crippen LogP contribution in [0, 0.1) is 11.6 Å². The predicted molar refractivity (Wildman–Crippen MR) is 76.3 cm³/mol. The van der Waals surface area contributed by atoms with Gasteiger partial charge in [-0.25, -0.2) is 8.78 Å². The number of ether oxygens (including phenoxy) is 2. The quantitative estimate of drug-likeness (QED) is 0.797. The van der Waals surface area contributed by atoms with Gasteiger partial charge in [0.05, 0.1) is 13.2 Å². The summed E-state index contributed by atoms with van der Waals surface area (Å²) in [6, 6.07) is 11.1. The standard InChI is InChI=1S/C16H17F2NO2/c17-14-3-1-4-15(18)16(14)21-10-2-9-20-13-7-5-12(11-19)6-8-13/h1,3-8H,2,9-11,19H2. The summed E-state index contributed by atoms with van der Waals surface area (Å²) in [4.78, 5) is 0. The highest BCUT2D eigenvalue weighted by Gasteiger charge is 2.08. The molecule has 0 spiro atoms. The Labute approximate surface area is 122 Å². The summed E-state index contributed by atoms with van der Waals surface area (Å²) >= 11 is 0. The van der Waals surface area contributed by atoms with Crippen molar-refractivity contribution in [2.24, 2.45) is 5.73 Å². The first-order valence-corrected chi connectivity index (χ1v) is 6.69. The molecule has 0 radical (unpaired) electrons. The van der Waals surface area contributed by atoms with Crippen molar-refractivity contribution in [3.8, 4) is 11.5 Å². The van der Waals surface area contributed by atoms with Gasteiger partial charge >= 0.3 is 0 Å². The number of rotatable bonds is 7. The Morgan fingerprint density at radius 2 is 1.48 bits per heavy atom. The molecule has 0 aliphatic heterocycles. The second-order valence-corrected chi connectivity index (χ2v) is 4.45. The molecule has 0 atom stereocenters. The lowest BCUT2D eigenvalue weighted by Gasteiger charge is -2.09. The molecule has 0 fully saturated rings. The van der Waals surface area contributed by atoms with E-state index >= 15 is 0 Å². The van der Waals surface area contributed by atoms with Crippen LogP contribution in [0.25, 0.3) is 0 Å². The van der Waals surface area contributed by atoms with E-state index in [1.165, 1.54) is 6.07 Å². The van der Waals surface area contributed by atoms with E-state index in [-0.39, 0.29) is 12.4 Å². The van der Waals surface area contributed by atoms with Crippen LogP contribution in [0.1, 0.15) is 12.0 Å². The first-order chi connectivity index (χ1) is 10.2. The predicted octanol–water partition coefficient (Wildman–Crippen LogP) is 3.27. The fourth-order valence-corrected chi connectivity index (χ4v) is 1.77. The van der Waals surface area contributed by atoms with Crippen LogP contribution in [-0.4, -0.2) is 13.2 Å². The molecule has 0 aromatic heterocycles. The SMILES string of the molecule is NCc1ccc(OCCCOc2c(F)cccc2F)cc1. The number of hydrogen-bond acceptors (Lipinski definition) is 3. The van der Waals surface area contributed by atoms with Crippen LogP contribution >= 0.6 is 0 Å². The highest BCUT2D eigenvalue weighted by Crippen LogP contribution is 2.20. The third-order valence-electron chi connectivity index (χ3n) is 2.88. The van der Waals surface area contributed by atoms with E-state index in [2.05, 4.69) is 0 Å². The number of halogens is 2. The summed E-state index contributed by atoms with van der Waals surface area (Å²) in [6.45, 7) is 1.07. The molecule has 0 aliphatic carbocycles. The van der Waals surface area contributed by atoms with Crippen molar-refractivity contribution in [3.05, 3.63) is 59.7 Å². The summed E-state index contributed by atoms with van der Waals surface area (Å²) < 4.78 is 37.2. The Kier molecular flexibility index (Phi) is 5.51. The summed E-state index contributed by atoms with van der Waals surface area (Å²) in [6.07, 6.45) is 0.520. The fraction of sp³-hybridized carbons (Fsp3) is 0.250. The molecule has 2 aromatic rings. The van der Waals surface area contributed by atoms with E-state index in [0.29, 0.717) is 19.6 Å². The number of hydrogen-bond donors (Lipinski definition) is 1. The lowest BCUT2D eigenvalue weighted by atomic mass is 10.2. The normalized spacial score (nSPS) is 10.4. The van der Waals surface area contributed by atoms with Crippen molar-refractivity contribution in [1.29, 1.82) is 0 Å². The Morgan fingerprint density at radius 3 is 2.10 bits per heavy atom. The average molecular weight is 293 g/mol. The second kappa shape index (κ2) is 7.59. The van der Waals surface area contributed by atoms with Crippen molar-refractivity contribution in [3.63, 3.8) is 0 Å². The zero-order chi connectivity index (χ0) is 15.1. The van der Waals surface area contributed by atoms with E-state index in [1.807, 2.05) is 24.3 Å². The smallest absolute Gasteiger partial charge is 0.190 e. The van der Waals surface area contributed by atoms with Gasteiger partial charge < -0.3 is 15.2 Å². The molecule has 0 saturated heterocycles. The number of para-hydroxylation sites is 1. The fourth-order valence-electron chi connectivity index (χ4n) is 1.77. The zero-order valence-corrected chi connectivity index (χ0v) is 11.5. The highest BCUT2D eigenvalue weighted by atomic mass is 19.1. The number of nitrogens with two attached hydrogens (primary N) is 1. The molecule has 2 aromatic carbocycles. The Bertz CT molecular complexity index is 553. The molecule has 0 heterocycles. The lowest BCUT2D eigenvalue weighted by molar-refractivity contribution is 0.234. The molecule has 0 aliphatic rings. The van der Waals surface area contributed by atoms with Crippen molar-refractivity contribution in [2.45, 2.75) is 13.0 Å². The maximum absolute atomic E-state index is 13.3. The maximum atomic E-state index is 13.3. The van der Waals surface area contributed by atoms with Crippen LogP contribution in [-0.2, 0) is 6.54 Å². The molecule has 0 unspecified atom stereocenters. The van der Waals surface area contributed by atoms with Crippen LogP contribution in [0.15, 0.2) is 42.5 Å². The largest absolute Gasteiger partial charge is 0.493 e. The van der Waals surface area contributed by atoms with Crippen molar-refractivity contribution in [1.82, 2.24) is 0 Å². The van der Waals surface area contributed by atoms with Gasteiger partial charge in [0, 0.05) is 13.0 Å². The lowest BCUT2D eigenvalue weighted by Crippen LogP contribution is -2.07. The van der Waals surface area contributed by atoms with Crippen molar-refractivity contribution < 1.29 is 18.3 Å². The first-order valence-electron chi connectivity index (χ1n) is 6.69. The van der Waals surface area contributed by atoms with Crippen LogP contribution in [0.4, 0.5) is 8.78 Å². The van der Waals surface area contributed by atoms with Gasteiger partial charge in [0.15, 0.2) is 17.4 Å². The molecular weight excluding hydrogens is 276 g/mol. The van der Waals surface area contributed by atoms with Gasteiger partial charge in [-0.05, 0) is 29.8 Å². The van der Waals surface area contributed by atoms with Gasteiger partial charge in [0.2, 0.25) is 0 Å². The van der Waals surface area contributed by atoms with Crippen LogP contribution in [0.2, 0.25) is 0 Å². The van der Waals surface area contributed by atoms with Gasteiger partial charge in [-0.1, -0.05) is 18.2 Å². The van der Waals surface area contributed by atoms with E-state index in [4.69, 9.17) is 15.2 Å². The summed E-state index contributed by atoms with van der Waals surface area (Å²) in [7, 11) is 0. The highest BCUT2D eigenvalue weighted by molar-refractivity contribution is 5.27. The molecular formula is C16H17F2NO2. The summed E-state index contributed by atoms with van der Waals surface area (Å²) in [5.41, 5.74) is 6.53. The van der Waals surface area contributed by atoms with Gasteiger partial charge in [0.25, 0.3) is 0 Å². The molecule has 5 heteroatoms. The van der Waals surface area contributed by atoms with E-state index in [9.17, 15) is 8.78 Å². The second-order valence-electron chi connectivity index (χ2n) is 4.45. The van der Waals surface area contributed by atoms with Gasteiger partial charge in [0.1, 0.15) is 5.75 Å². The van der Waals surface area contributed by atoms with Crippen LogP contribution < -0.4 is 15.2 Å². The van der Waals surface area contributed by atoms with Gasteiger partial charge in [-0.3, -0.25) is 0 Å². The molecule has 0 bridgehead atoms. The van der Waals surface area contributed by atoms with Gasteiger partial charge in [-0.15, -0.1) is 0 Å². The average Bonchev–Trinajstić information content (AvgIpc) is 2.50. The summed E-state index contributed by atoms with van der Waals surface area (Å²) in [5, 5.41) is 0. The Balaban J connectivity index is 1.72.